The summed E-state index contributed by atoms with van der Waals surface area (Å²) in [6, 6.07) is 18.1. The average molecular weight is 345 g/mol. The van der Waals surface area contributed by atoms with Gasteiger partial charge in [0.05, 0.1) is 5.52 Å². The Kier molecular flexibility index (Phi) is 4.35. The number of carbonyl (C=O) groups excluding carboxylic acids is 2. The first kappa shape index (κ1) is 16.3. The fourth-order valence-electron chi connectivity index (χ4n) is 3.47. The van der Waals surface area contributed by atoms with Crippen molar-refractivity contribution < 1.29 is 9.59 Å². The fraction of sp³-hybridized carbons (Fsp3) is 0.190. The summed E-state index contributed by atoms with van der Waals surface area (Å²) in [4.78, 5) is 31.8. The van der Waals surface area contributed by atoms with E-state index in [2.05, 4.69) is 10.3 Å². The summed E-state index contributed by atoms with van der Waals surface area (Å²) in [5.74, 6) is -0.255. The van der Waals surface area contributed by atoms with Crippen LogP contribution < -0.4 is 5.32 Å². The third-order valence-corrected chi connectivity index (χ3v) is 4.73. The minimum absolute atomic E-state index is 0.116. The molecule has 1 aliphatic rings. The van der Waals surface area contributed by atoms with E-state index in [0.29, 0.717) is 18.5 Å². The molecule has 1 saturated heterocycles. The highest BCUT2D eigenvalue weighted by atomic mass is 16.2. The number of carbonyl (C=O) groups is 2. The minimum atomic E-state index is -0.449. The Bertz CT molecular complexity index is 950. The molecule has 130 valence electrons. The summed E-state index contributed by atoms with van der Waals surface area (Å²) in [7, 11) is 0. The smallest absolute Gasteiger partial charge is 0.255 e. The number of aromatic nitrogens is 1. The molecule has 1 N–H and O–H groups in total. The largest absolute Gasteiger partial charge is 0.327 e. The summed E-state index contributed by atoms with van der Waals surface area (Å²) in [5, 5.41) is 3.73. The van der Waals surface area contributed by atoms with Crippen LogP contribution in [0.4, 0.5) is 5.69 Å². The fourth-order valence-corrected chi connectivity index (χ4v) is 3.47. The van der Waals surface area contributed by atoms with E-state index in [4.69, 9.17) is 0 Å². The van der Waals surface area contributed by atoms with E-state index in [9.17, 15) is 9.59 Å². The molecule has 0 spiro atoms. The van der Waals surface area contributed by atoms with E-state index >= 15 is 0 Å². The van der Waals surface area contributed by atoms with Crippen LogP contribution in [0.25, 0.3) is 10.9 Å². The van der Waals surface area contributed by atoms with Crippen LogP contribution in [0.3, 0.4) is 0 Å². The Morgan fingerprint density at radius 3 is 2.69 bits per heavy atom. The quantitative estimate of drug-likeness (QED) is 0.790. The minimum Gasteiger partial charge on any atom is -0.327 e. The van der Waals surface area contributed by atoms with Crippen molar-refractivity contribution in [3.8, 4) is 0 Å². The van der Waals surface area contributed by atoms with E-state index in [-0.39, 0.29) is 11.8 Å². The predicted molar refractivity (Wildman–Crippen MR) is 101 cm³/mol. The molecule has 0 radical (unpaired) electrons. The summed E-state index contributed by atoms with van der Waals surface area (Å²) >= 11 is 0. The Hall–Kier alpha value is -3.21. The van der Waals surface area contributed by atoms with Gasteiger partial charge in [-0.1, -0.05) is 30.3 Å². The number of amides is 2. The summed E-state index contributed by atoms with van der Waals surface area (Å²) in [6.07, 6.45) is 3.21. The van der Waals surface area contributed by atoms with Gasteiger partial charge in [-0.2, -0.15) is 0 Å². The van der Waals surface area contributed by atoms with Crippen molar-refractivity contribution in [2.45, 2.75) is 18.9 Å². The van der Waals surface area contributed by atoms with Crippen molar-refractivity contribution in [2.24, 2.45) is 0 Å². The highest BCUT2D eigenvalue weighted by molar-refractivity contribution is 6.08. The van der Waals surface area contributed by atoms with Crippen molar-refractivity contribution in [3.63, 3.8) is 0 Å². The number of pyridine rings is 1. The number of likely N-dealkylation sites (tertiary alicyclic amines) is 1. The van der Waals surface area contributed by atoms with Gasteiger partial charge in [-0.15, -0.1) is 0 Å². The average Bonchev–Trinajstić information content (AvgIpc) is 3.18. The topological polar surface area (TPSA) is 62.3 Å². The van der Waals surface area contributed by atoms with Crippen molar-refractivity contribution >= 4 is 28.4 Å². The van der Waals surface area contributed by atoms with Crippen LogP contribution in [-0.2, 0) is 4.79 Å². The summed E-state index contributed by atoms with van der Waals surface area (Å²) < 4.78 is 0. The molecule has 26 heavy (non-hydrogen) atoms. The predicted octanol–water partition coefficient (Wildman–Crippen LogP) is 3.48. The number of para-hydroxylation sites is 1. The molecule has 1 fully saturated rings. The Labute approximate surface area is 151 Å². The van der Waals surface area contributed by atoms with Gasteiger partial charge < -0.3 is 10.2 Å². The number of rotatable bonds is 3. The van der Waals surface area contributed by atoms with Gasteiger partial charge in [-0.05, 0) is 43.2 Å². The molecular formula is C21H19N3O2. The molecule has 5 heteroatoms. The molecule has 5 nitrogen and oxygen atoms in total. The number of fused-ring (bicyclic) bond motifs is 1. The van der Waals surface area contributed by atoms with Gasteiger partial charge in [0.25, 0.3) is 5.91 Å². The molecule has 1 aromatic heterocycles. The first-order valence-corrected chi connectivity index (χ1v) is 8.75. The van der Waals surface area contributed by atoms with Gasteiger partial charge >= 0.3 is 0 Å². The molecule has 3 aromatic rings. The number of anilines is 1. The van der Waals surface area contributed by atoms with E-state index in [0.717, 1.165) is 23.0 Å². The van der Waals surface area contributed by atoms with Crippen molar-refractivity contribution in [3.05, 3.63) is 72.4 Å². The lowest BCUT2D eigenvalue weighted by Gasteiger charge is -2.24. The molecule has 1 atom stereocenters. The molecule has 2 aromatic carbocycles. The molecule has 4 rings (SSSR count). The number of hydrogen-bond acceptors (Lipinski definition) is 3. The van der Waals surface area contributed by atoms with Gasteiger partial charge in [0.15, 0.2) is 0 Å². The molecule has 1 unspecified atom stereocenters. The van der Waals surface area contributed by atoms with Crippen LogP contribution in [0.5, 0.6) is 0 Å². The second-order valence-corrected chi connectivity index (χ2v) is 6.39. The van der Waals surface area contributed by atoms with E-state index in [1.54, 1.807) is 17.2 Å². The zero-order chi connectivity index (χ0) is 17.9. The molecule has 0 aliphatic carbocycles. The lowest BCUT2D eigenvalue weighted by molar-refractivity contribution is -0.119. The van der Waals surface area contributed by atoms with Gasteiger partial charge in [-0.3, -0.25) is 14.6 Å². The third-order valence-electron chi connectivity index (χ3n) is 4.73. The number of nitrogens with zero attached hydrogens (tertiary/aromatic N) is 2. The Balaban J connectivity index is 1.59. The summed E-state index contributed by atoms with van der Waals surface area (Å²) in [6.45, 7) is 0.586. The first-order chi connectivity index (χ1) is 12.7. The maximum absolute atomic E-state index is 13.1. The van der Waals surface area contributed by atoms with Gasteiger partial charge in [0.2, 0.25) is 5.91 Å². The van der Waals surface area contributed by atoms with Gasteiger partial charge in [-0.25, -0.2) is 0 Å². The van der Waals surface area contributed by atoms with E-state index in [1.807, 2.05) is 54.6 Å². The molecule has 2 amide bonds. The van der Waals surface area contributed by atoms with Crippen LogP contribution in [0.2, 0.25) is 0 Å². The number of benzene rings is 2. The second-order valence-electron chi connectivity index (χ2n) is 6.39. The maximum atomic E-state index is 13.1. The lowest BCUT2D eigenvalue weighted by Crippen LogP contribution is -2.43. The zero-order valence-corrected chi connectivity index (χ0v) is 14.3. The van der Waals surface area contributed by atoms with Crippen LogP contribution in [0.1, 0.15) is 23.2 Å². The normalized spacial score (nSPS) is 16.6. The van der Waals surface area contributed by atoms with Gasteiger partial charge in [0.1, 0.15) is 6.04 Å². The SMILES string of the molecule is O=C(Nc1ccccc1)C1CCCN1C(=O)c1cccc2ncccc12. The standard InChI is InChI=1S/C21H19N3O2/c25-20(23-15-7-2-1-3-8-15)19-12-6-14-24(19)21(26)17-9-4-11-18-16(17)10-5-13-22-18/h1-5,7-11,13,19H,6,12,14H2,(H,23,25). The highest BCUT2D eigenvalue weighted by Crippen LogP contribution is 2.25. The molecular weight excluding hydrogens is 326 g/mol. The maximum Gasteiger partial charge on any atom is 0.255 e. The van der Waals surface area contributed by atoms with Crippen molar-refractivity contribution in [1.29, 1.82) is 0 Å². The zero-order valence-electron chi connectivity index (χ0n) is 14.3. The Morgan fingerprint density at radius 1 is 1.00 bits per heavy atom. The molecule has 1 aliphatic heterocycles. The molecule has 0 saturated carbocycles. The van der Waals surface area contributed by atoms with E-state index < -0.39 is 6.04 Å². The van der Waals surface area contributed by atoms with Crippen LogP contribution in [0, 0.1) is 0 Å². The van der Waals surface area contributed by atoms with Crippen LogP contribution in [-0.4, -0.2) is 34.3 Å². The van der Waals surface area contributed by atoms with Gasteiger partial charge in [0, 0.05) is 29.4 Å². The van der Waals surface area contributed by atoms with Crippen LogP contribution >= 0.6 is 0 Å². The van der Waals surface area contributed by atoms with E-state index in [1.165, 1.54) is 0 Å². The number of hydrogen-bond donors (Lipinski definition) is 1. The highest BCUT2D eigenvalue weighted by Gasteiger charge is 2.35. The van der Waals surface area contributed by atoms with Crippen molar-refractivity contribution in [1.82, 2.24) is 9.88 Å². The molecule has 0 bridgehead atoms. The second kappa shape index (κ2) is 6.96. The van der Waals surface area contributed by atoms with Crippen molar-refractivity contribution in [2.75, 3.05) is 11.9 Å². The molecule has 2 heterocycles. The lowest BCUT2D eigenvalue weighted by atomic mass is 10.1. The first-order valence-electron chi connectivity index (χ1n) is 8.75. The third kappa shape index (κ3) is 3.04. The summed E-state index contributed by atoms with van der Waals surface area (Å²) in [5.41, 5.74) is 2.11. The monoisotopic (exact) mass is 345 g/mol. The Morgan fingerprint density at radius 2 is 1.85 bits per heavy atom. The van der Waals surface area contributed by atoms with Crippen LogP contribution in [0.15, 0.2) is 66.9 Å². The number of nitrogens with one attached hydrogen (secondary N) is 1.